The molecule has 0 aliphatic rings. The fourth-order valence-corrected chi connectivity index (χ4v) is 4.81. The number of hydrogen-bond donors (Lipinski definition) is 1. The molecule has 0 fully saturated rings. The normalized spacial score (nSPS) is 12.3. The molecule has 0 aliphatic carbocycles. The minimum Gasteiger partial charge on any atom is -0.508 e. The first-order valence-electron chi connectivity index (χ1n) is 9.23. The van der Waals surface area contributed by atoms with E-state index in [2.05, 4.69) is 36.4 Å². The van der Waals surface area contributed by atoms with Gasteiger partial charge in [0.05, 0.1) is 18.9 Å². The molecule has 0 saturated heterocycles. The summed E-state index contributed by atoms with van der Waals surface area (Å²) in [4.78, 5) is 0. The molecule has 1 unspecified atom stereocenters. The van der Waals surface area contributed by atoms with Crippen LogP contribution >= 0.6 is 8.38 Å². The van der Waals surface area contributed by atoms with Crippen LogP contribution in [0.2, 0.25) is 0 Å². The van der Waals surface area contributed by atoms with Crippen molar-refractivity contribution in [3.05, 3.63) is 90.0 Å². The van der Waals surface area contributed by atoms with Gasteiger partial charge >= 0.3 is 0 Å². The van der Waals surface area contributed by atoms with Gasteiger partial charge in [-0.1, -0.05) is 72.8 Å². The second-order valence-electron chi connectivity index (χ2n) is 6.07. The Morgan fingerprint density at radius 2 is 1.30 bits per heavy atom. The van der Waals surface area contributed by atoms with Crippen LogP contribution in [0.5, 0.6) is 5.75 Å². The smallest absolute Gasteiger partial charge is 0.183 e. The lowest BCUT2D eigenvalue weighted by atomic mass is 9.99. The van der Waals surface area contributed by atoms with Gasteiger partial charge in [-0.25, -0.2) is 0 Å². The van der Waals surface area contributed by atoms with Gasteiger partial charge < -0.3 is 14.2 Å². The van der Waals surface area contributed by atoms with E-state index in [0.29, 0.717) is 13.2 Å². The molecule has 1 N–H and O–H groups in total. The molecule has 0 saturated carbocycles. The summed E-state index contributed by atoms with van der Waals surface area (Å²) in [6, 6.07) is 26.2. The SMILES string of the molecule is CCOP(OCC)C(c1ccc(-c2ccccc2)cc1)c1ccccc1O. The van der Waals surface area contributed by atoms with Crippen LogP contribution in [0.15, 0.2) is 78.9 Å². The van der Waals surface area contributed by atoms with Crippen molar-refractivity contribution >= 4 is 8.38 Å². The predicted molar refractivity (Wildman–Crippen MR) is 112 cm³/mol. The van der Waals surface area contributed by atoms with Gasteiger partial charge in [0.1, 0.15) is 5.75 Å². The van der Waals surface area contributed by atoms with E-state index in [4.69, 9.17) is 9.05 Å². The maximum absolute atomic E-state index is 10.5. The third kappa shape index (κ3) is 4.75. The quantitative estimate of drug-likeness (QED) is 0.451. The van der Waals surface area contributed by atoms with E-state index in [1.165, 1.54) is 5.56 Å². The summed E-state index contributed by atoms with van der Waals surface area (Å²) >= 11 is 0. The minimum atomic E-state index is -1.22. The van der Waals surface area contributed by atoms with Gasteiger partial charge in [0.2, 0.25) is 0 Å². The standard InChI is InChI=1S/C23H25O3P/c1-3-25-27(26-4-2)23(21-12-8-9-13-22(21)24)20-16-14-19(15-17-20)18-10-6-5-7-11-18/h5-17,23-24H,3-4H2,1-2H3. The van der Waals surface area contributed by atoms with Crippen LogP contribution in [-0.4, -0.2) is 18.3 Å². The van der Waals surface area contributed by atoms with E-state index in [0.717, 1.165) is 16.7 Å². The highest BCUT2D eigenvalue weighted by Gasteiger charge is 2.29. The molecule has 140 valence electrons. The van der Waals surface area contributed by atoms with Crippen LogP contribution in [0, 0.1) is 0 Å². The number of aromatic hydroxyl groups is 1. The maximum Gasteiger partial charge on any atom is 0.183 e. The summed E-state index contributed by atoms with van der Waals surface area (Å²) < 4.78 is 11.9. The van der Waals surface area contributed by atoms with E-state index in [9.17, 15) is 5.11 Å². The number of phenols is 1. The number of benzene rings is 3. The maximum atomic E-state index is 10.5. The van der Waals surface area contributed by atoms with Gasteiger partial charge in [0.25, 0.3) is 0 Å². The van der Waals surface area contributed by atoms with Gasteiger partial charge in [-0.05, 0) is 36.6 Å². The molecule has 27 heavy (non-hydrogen) atoms. The summed E-state index contributed by atoms with van der Waals surface area (Å²) in [6.07, 6.45) is 0. The molecule has 1 atom stereocenters. The molecule has 0 amide bonds. The topological polar surface area (TPSA) is 38.7 Å². The highest BCUT2D eigenvalue weighted by molar-refractivity contribution is 7.48. The van der Waals surface area contributed by atoms with Gasteiger partial charge in [-0.3, -0.25) is 0 Å². The third-order valence-electron chi connectivity index (χ3n) is 4.29. The third-order valence-corrected chi connectivity index (χ3v) is 6.31. The van der Waals surface area contributed by atoms with Crippen LogP contribution in [0.25, 0.3) is 11.1 Å². The van der Waals surface area contributed by atoms with Crippen molar-refractivity contribution in [2.75, 3.05) is 13.2 Å². The summed E-state index contributed by atoms with van der Waals surface area (Å²) in [7, 11) is -1.22. The molecular formula is C23H25O3P. The zero-order chi connectivity index (χ0) is 19.1. The Labute approximate surface area is 162 Å². The molecule has 3 rings (SSSR count). The fraction of sp³-hybridized carbons (Fsp3) is 0.217. The average molecular weight is 380 g/mol. The van der Waals surface area contributed by atoms with Gasteiger partial charge in [0.15, 0.2) is 8.38 Å². The molecule has 3 aromatic carbocycles. The van der Waals surface area contributed by atoms with Crippen molar-refractivity contribution in [3.8, 4) is 16.9 Å². The van der Waals surface area contributed by atoms with Crippen molar-refractivity contribution < 1.29 is 14.2 Å². The van der Waals surface area contributed by atoms with Crippen LogP contribution in [0.3, 0.4) is 0 Å². The first-order valence-corrected chi connectivity index (χ1v) is 10.5. The Hall–Kier alpha value is -2.19. The molecule has 0 spiro atoms. The highest BCUT2D eigenvalue weighted by atomic mass is 31.2. The van der Waals surface area contributed by atoms with E-state index >= 15 is 0 Å². The van der Waals surface area contributed by atoms with Crippen molar-refractivity contribution in [1.82, 2.24) is 0 Å². The average Bonchev–Trinajstić information content (AvgIpc) is 2.71. The van der Waals surface area contributed by atoms with Crippen molar-refractivity contribution in [3.63, 3.8) is 0 Å². The predicted octanol–water partition coefficient (Wildman–Crippen LogP) is 6.53. The molecule has 0 bridgehead atoms. The molecule has 3 aromatic rings. The molecule has 3 nitrogen and oxygen atoms in total. The first-order chi connectivity index (χ1) is 13.2. The van der Waals surface area contributed by atoms with Crippen LogP contribution in [-0.2, 0) is 9.05 Å². The molecule has 4 heteroatoms. The summed E-state index contributed by atoms with van der Waals surface area (Å²) in [5.74, 6) is 0.265. The largest absolute Gasteiger partial charge is 0.508 e. The lowest BCUT2D eigenvalue weighted by molar-refractivity contribution is 0.264. The van der Waals surface area contributed by atoms with E-state index in [1.807, 2.05) is 50.2 Å². The number of hydrogen-bond acceptors (Lipinski definition) is 3. The number of para-hydroxylation sites is 1. The van der Waals surface area contributed by atoms with Crippen molar-refractivity contribution in [2.24, 2.45) is 0 Å². The zero-order valence-electron chi connectivity index (χ0n) is 15.7. The molecule has 0 radical (unpaired) electrons. The molecule has 0 heterocycles. The number of phenolic OH excluding ortho intramolecular Hbond substituents is 1. The van der Waals surface area contributed by atoms with E-state index in [1.54, 1.807) is 6.07 Å². The second-order valence-corrected chi connectivity index (χ2v) is 7.67. The summed E-state index contributed by atoms with van der Waals surface area (Å²) in [5, 5.41) is 10.5. The number of rotatable bonds is 8. The van der Waals surface area contributed by atoms with Crippen molar-refractivity contribution in [2.45, 2.75) is 19.5 Å². The van der Waals surface area contributed by atoms with E-state index in [-0.39, 0.29) is 11.4 Å². The van der Waals surface area contributed by atoms with Gasteiger partial charge in [-0.2, -0.15) is 0 Å². The minimum absolute atomic E-state index is 0.147. The lowest BCUT2D eigenvalue weighted by Crippen LogP contribution is -2.05. The van der Waals surface area contributed by atoms with Crippen LogP contribution in [0.4, 0.5) is 0 Å². The fourth-order valence-electron chi connectivity index (χ4n) is 3.06. The Balaban J connectivity index is 2.01. The zero-order valence-corrected chi connectivity index (χ0v) is 16.6. The van der Waals surface area contributed by atoms with Gasteiger partial charge in [-0.15, -0.1) is 0 Å². The molecule has 0 aromatic heterocycles. The Bertz CT molecular complexity index is 828. The van der Waals surface area contributed by atoms with Crippen molar-refractivity contribution in [1.29, 1.82) is 0 Å². The molecule has 0 aliphatic heterocycles. The summed E-state index contributed by atoms with van der Waals surface area (Å²) in [6.45, 7) is 5.07. The molecular weight excluding hydrogens is 355 g/mol. The Morgan fingerprint density at radius 1 is 0.741 bits per heavy atom. The van der Waals surface area contributed by atoms with Crippen LogP contribution in [0.1, 0.15) is 30.6 Å². The lowest BCUT2D eigenvalue weighted by Gasteiger charge is -2.27. The summed E-state index contributed by atoms with van der Waals surface area (Å²) in [5.41, 5.74) is 4.10. The Kier molecular flexibility index (Phi) is 7.00. The Morgan fingerprint density at radius 3 is 1.89 bits per heavy atom. The first kappa shape index (κ1) is 19.6. The monoisotopic (exact) mass is 380 g/mol. The highest BCUT2D eigenvalue weighted by Crippen LogP contribution is 2.57. The van der Waals surface area contributed by atoms with E-state index < -0.39 is 8.38 Å². The van der Waals surface area contributed by atoms with Gasteiger partial charge in [0, 0.05) is 5.56 Å². The second kappa shape index (κ2) is 9.66. The van der Waals surface area contributed by atoms with Crippen LogP contribution < -0.4 is 0 Å².